The third-order valence-corrected chi connectivity index (χ3v) is 7.69. The molecule has 0 fully saturated rings. The van der Waals surface area contributed by atoms with Gasteiger partial charge >= 0.3 is 0 Å². The molecule has 1 unspecified atom stereocenters. The average molecular weight is 465 g/mol. The van der Waals surface area contributed by atoms with E-state index < -0.39 is 6.04 Å². The van der Waals surface area contributed by atoms with Gasteiger partial charge in [-0.3, -0.25) is 14.2 Å². The second-order valence-corrected chi connectivity index (χ2v) is 10.9. The summed E-state index contributed by atoms with van der Waals surface area (Å²) >= 11 is 1.40. The molecule has 0 amide bonds. The van der Waals surface area contributed by atoms with Crippen LogP contribution in [-0.2, 0) is 4.79 Å². The smallest absolute Gasteiger partial charge is 0.271 e. The van der Waals surface area contributed by atoms with Gasteiger partial charge in [0.15, 0.2) is 10.6 Å². The Balaban J connectivity index is 1.67. The molecule has 168 valence electrons. The number of aromatic nitrogens is 1. The van der Waals surface area contributed by atoms with Gasteiger partial charge in [-0.2, -0.15) is 0 Å². The third-order valence-electron chi connectivity index (χ3n) is 6.71. The molecule has 0 radical (unpaired) electrons. The molecular weight excluding hydrogens is 440 g/mol. The molecule has 2 aliphatic rings. The molecule has 1 aliphatic heterocycles. The van der Waals surface area contributed by atoms with Crippen LogP contribution in [0.5, 0.6) is 0 Å². The van der Waals surface area contributed by atoms with Crippen molar-refractivity contribution in [3.8, 4) is 0 Å². The fraction of sp³-hybridized carbons (Fsp3) is 0.207. The van der Waals surface area contributed by atoms with Gasteiger partial charge in [0.1, 0.15) is 0 Å². The summed E-state index contributed by atoms with van der Waals surface area (Å²) in [6.45, 7) is 4.23. The number of hydrogen-bond acceptors (Lipinski definition) is 4. The summed E-state index contributed by atoms with van der Waals surface area (Å²) in [4.78, 5) is 32.9. The van der Waals surface area contributed by atoms with E-state index in [4.69, 9.17) is 4.99 Å². The van der Waals surface area contributed by atoms with Gasteiger partial charge in [-0.05, 0) is 39.8 Å². The van der Waals surface area contributed by atoms with E-state index in [1.54, 1.807) is 4.57 Å². The summed E-state index contributed by atoms with van der Waals surface area (Å²) in [5.74, 6) is 0.0882. The highest BCUT2D eigenvalue weighted by Crippen LogP contribution is 2.44. The number of allylic oxidation sites excluding steroid dienone is 2. The molecule has 2 heterocycles. The largest absolute Gasteiger partial charge is 0.294 e. The first-order valence-electron chi connectivity index (χ1n) is 11.5. The second-order valence-electron chi connectivity index (χ2n) is 9.86. The van der Waals surface area contributed by atoms with Gasteiger partial charge in [0, 0.05) is 12.0 Å². The average Bonchev–Trinajstić information content (AvgIpc) is 3.12. The van der Waals surface area contributed by atoms with Crippen molar-refractivity contribution in [1.82, 2.24) is 4.57 Å². The van der Waals surface area contributed by atoms with Crippen LogP contribution >= 0.6 is 11.3 Å². The van der Waals surface area contributed by atoms with Gasteiger partial charge in [-0.25, -0.2) is 4.99 Å². The minimum Gasteiger partial charge on any atom is -0.294 e. The fourth-order valence-corrected chi connectivity index (χ4v) is 6.25. The van der Waals surface area contributed by atoms with Crippen LogP contribution in [0.25, 0.3) is 16.8 Å². The maximum Gasteiger partial charge on any atom is 0.271 e. The van der Waals surface area contributed by atoms with Crippen molar-refractivity contribution in [2.24, 2.45) is 10.4 Å². The zero-order chi connectivity index (χ0) is 23.4. The Bertz CT molecular complexity index is 1670. The Hall–Kier alpha value is -3.57. The predicted molar refractivity (Wildman–Crippen MR) is 137 cm³/mol. The van der Waals surface area contributed by atoms with E-state index in [0.29, 0.717) is 21.3 Å². The number of ketones is 1. The van der Waals surface area contributed by atoms with Crippen molar-refractivity contribution in [1.29, 1.82) is 0 Å². The molecule has 0 saturated carbocycles. The molecule has 34 heavy (non-hydrogen) atoms. The molecule has 1 atom stereocenters. The number of thiazole rings is 1. The summed E-state index contributed by atoms with van der Waals surface area (Å²) in [6, 6.07) is 23.7. The lowest BCUT2D eigenvalue weighted by Gasteiger charge is -2.35. The van der Waals surface area contributed by atoms with Gasteiger partial charge in [0.2, 0.25) is 0 Å². The van der Waals surface area contributed by atoms with E-state index in [9.17, 15) is 9.59 Å². The van der Waals surface area contributed by atoms with Gasteiger partial charge in [0.05, 0.1) is 16.3 Å². The van der Waals surface area contributed by atoms with Crippen molar-refractivity contribution in [2.45, 2.75) is 32.7 Å². The highest BCUT2D eigenvalue weighted by molar-refractivity contribution is 7.07. The van der Waals surface area contributed by atoms with E-state index in [-0.39, 0.29) is 16.8 Å². The van der Waals surface area contributed by atoms with Crippen LogP contribution in [-0.4, -0.2) is 10.4 Å². The van der Waals surface area contributed by atoms with Crippen LogP contribution in [0.4, 0.5) is 0 Å². The first-order chi connectivity index (χ1) is 16.4. The quantitative estimate of drug-likeness (QED) is 0.430. The molecule has 5 heteroatoms. The Morgan fingerprint density at radius 2 is 1.68 bits per heavy atom. The third kappa shape index (κ3) is 3.39. The number of hydrogen-bond donors (Lipinski definition) is 0. The lowest BCUT2D eigenvalue weighted by Crippen LogP contribution is -2.42. The first kappa shape index (κ1) is 21.0. The summed E-state index contributed by atoms with van der Waals surface area (Å²) in [7, 11) is 0. The Morgan fingerprint density at radius 3 is 2.50 bits per heavy atom. The highest BCUT2D eigenvalue weighted by Gasteiger charge is 2.40. The lowest BCUT2D eigenvalue weighted by atomic mass is 9.73. The van der Waals surface area contributed by atoms with E-state index in [2.05, 4.69) is 32.0 Å². The van der Waals surface area contributed by atoms with Crippen LogP contribution < -0.4 is 14.9 Å². The Morgan fingerprint density at radius 1 is 0.941 bits per heavy atom. The topological polar surface area (TPSA) is 51.4 Å². The number of Topliss-reactive ketones (excluding diaryl/α,β-unsaturated/α-hetero) is 1. The van der Waals surface area contributed by atoms with Crippen LogP contribution in [0.2, 0.25) is 0 Å². The number of fused-ring (bicyclic) bond motifs is 2. The fourth-order valence-electron chi connectivity index (χ4n) is 5.23. The zero-order valence-electron chi connectivity index (χ0n) is 19.1. The molecule has 0 bridgehead atoms. The molecule has 3 aromatic carbocycles. The van der Waals surface area contributed by atoms with E-state index in [1.807, 2.05) is 60.7 Å². The number of carbonyl (C=O) groups is 1. The summed E-state index contributed by atoms with van der Waals surface area (Å²) < 4.78 is 2.37. The van der Waals surface area contributed by atoms with Crippen LogP contribution in [0.3, 0.4) is 0 Å². The first-order valence-corrected chi connectivity index (χ1v) is 12.3. The van der Waals surface area contributed by atoms with E-state index >= 15 is 0 Å². The maximum absolute atomic E-state index is 13.8. The van der Waals surface area contributed by atoms with Gasteiger partial charge in [0.25, 0.3) is 5.56 Å². The highest BCUT2D eigenvalue weighted by atomic mass is 32.1. The van der Waals surface area contributed by atoms with Gasteiger partial charge in [-0.1, -0.05) is 98.0 Å². The molecular formula is C29H24N2O2S. The minimum atomic E-state index is -0.473. The van der Waals surface area contributed by atoms with Crippen LogP contribution in [0.1, 0.15) is 43.9 Å². The summed E-state index contributed by atoms with van der Waals surface area (Å²) in [5.41, 5.74) is 3.19. The standard InChI is InChI=1S/C29H24N2O2S/c1-29(2)16-22-25(23(32)17-29)26(21-14-8-12-19-11-6-7-13-20(19)21)31-27(33)24(34-28(31)30-22)15-18-9-4-3-5-10-18/h3-15,26H,16-17H2,1-2H3. The van der Waals surface area contributed by atoms with E-state index in [1.165, 1.54) is 11.3 Å². The molecule has 4 aromatic rings. The number of benzene rings is 3. The predicted octanol–water partition coefficient (Wildman–Crippen LogP) is 4.76. The van der Waals surface area contributed by atoms with Crippen molar-refractivity contribution in [3.05, 3.63) is 115 Å². The molecule has 0 saturated heterocycles. The van der Waals surface area contributed by atoms with Crippen molar-refractivity contribution in [2.75, 3.05) is 0 Å². The van der Waals surface area contributed by atoms with Crippen molar-refractivity contribution < 1.29 is 4.79 Å². The summed E-state index contributed by atoms with van der Waals surface area (Å²) in [6.07, 6.45) is 3.09. The molecule has 1 aromatic heterocycles. The number of rotatable bonds is 2. The van der Waals surface area contributed by atoms with Crippen molar-refractivity contribution >= 4 is 34.0 Å². The molecule has 4 nitrogen and oxygen atoms in total. The SMILES string of the molecule is CC1(C)CC(=O)C2=C(C1)N=c1sc(=Cc3ccccc3)c(=O)n1C2c1cccc2ccccc12. The van der Waals surface area contributed by atoms with E-state index in [0.717, 1.165) is 34.0 Å². The minimum absolute atomic E-state index is 0.0882. The Labute approximate surface area is 201 Å². The maximum atomic E-state index is 13.8. The molecule has 0 spiro atoms. The molecule has 0 N–H and O–H groups in total. The Kier molecular flexibility index (Phi) is 4.78. The van der Waals surface area contributed by atoms with Crippen LogP contribution in [0, 0.1) is 5.41 Å². The molecule has 1 aliphatic carbocycles. The normalized spacial score (nSPS) is 19.6. The monoisotopic (exact) mass is 464 g/mol. The summed E-state index contributed by atoms with van der Waals surface area (Å²) in [5, 5.41) is 2.15. The lowest BCUT2D eigenvalue weighted by molar-refractivity contribution is -0.118. The molecule has 6 rings (SSSR count). The van der Waals surface area contributed by atoms with Crippen LogP contribution in [0.15, 0.2) is 93.9 Å². The number of nitrogens with zero attached hydrogens (tertiary/aromatic N) is 2. The second kappa shape index (κ2) is 7.74. The van der Waals surface area contributed by atoms with Gasteiger partial charge < -0.3 is 0 Å². The number of carbonyl (C=O) groups excluding carboxylic acids is 1. The zero-order valence-corrected chi connectivity index (χ0v) is 19.9. The van der Waals surface area contributed by atoms with Crippen molar-refractivity contribution in [3.63, 3.8) is 0 Å². The van der Waals surface area contributed by atoms with Gasteiger partial charge in [-0.15, -0.1) is 0 Å².